The van der Waals surface area contributed by atoms with Gasteiger partial charge in [0.1, 0.15) is 5.82 Å². The van der Waals surface area contributed by atoms with Gasteiger partial charge >= 0.3 is 0 Å². The van der Waals surface area contributed by atoms with Crippen molar-refractivity contribution in [1.82, 2.24) is 9.97 Å². The summed E-state index contributed by atoms with van der Waals surface area (Å²) in [5.41, 5.74) is 3.63. The summed E-state index contributed by atoms with van der Waals surface area (Å²) < 4.78 is 0. The molecule has 3 rings (SSSR count). The summed E-state index contributed by atoms with van der Waals surface area (Å²) in [6.07, 6.45) is 4.98. The molecule has 0 unspecified atom stereocenters. The Balaban J connectivity index is 1.93. The Hall–Kier alpha value is -2.99. The maximum atomic E-state index is 12.3. The Kier molecular flexibility index (Phi) is 3.44. The van der Waals surface area contributed by atoms with Crippen molar-refractivity contribution in [2.45, 2.75) is 0 Å². The van der Waals surface area contributed by atoms with Gasteiger partial charge in [-0.1, -0.05) is 12.1 Å². The quantitative estimate of drug-likeness (QED) is 0.504. The monoisotopic (exact) mass is 279 g/mol. The number of nitrogens with one attached hydrogen (secondary N) is 2. The maximum absolute atomic E-state index is 12.3. The van der Waals surface area contributed by atoms with Crippen molar-refractivity contribution < 1.29 is 4.79 Å². The lowest BCUT2D eigenvalue weighted by atomic mass is 10.1. The Morgan fingerprint density at radius 3 is 2.90 bits per heavy atom. The number of hydrogen-bond donors (Lipinski definition) is 3. The third-order valence-corrected chi connectivity index (χ3v) is 3.10. The standard InChI is InChI=1S/C15H13N5O/c16-20-14-8-10(4-7-18-14)15(21)19-13-3-1-2-11-9-17-6-5-12(11)13/h1-9H,16H2,(H,18,20)(H,19,21). The van der Waals surface area contributed by atoms with Gasteiger partial charge in [-0.25, -0.2) is 10.8 Å². The van der Waals surface area contributed by atoms with Gasteiger partial charge in [0.25, 0.3) is 5.91 Å². The number of nitrogen functional groups attached to an aromatic ring is 1. The van der Waals surface area contributed by atoms with Crippen LogP contribution in [-0.4, -0.2) is 15.9 Å². The fraction of sp³-hybridized carbons (Fsp3) is 0. The molecule has 3 aromatic rings. The van der Waals surface area contributed by atoms with Crippen molar-refractivity contribution in [1.29, 1.82) is 0 Å². The Labute approximate surface area is 121 Å². The zero-order valence-corrected chi connectivity index (χ0v) is 11.1. The van der Waals surface area contributed by atoms with E-state index >= 15 is 0 Å². The third-order valence-electron chi connectivity index (χ3n) is 3.10. The van der Waals surface area contributed by atoms with Crippen molar-refractivity contribution in [3.05, 3.63) is 60.6 Å². The van der Waals surface area contributed by atoms with Crippen molar-refractivity contribution in [3.8, 4) is 0 Å². The Morgan fingerprint density at radius 1 is 1.14 bits per heavy atom. The lowest BCUT2D eigenvalue weighted by Gasteiger charge is -2.09. The summed E-state index contributed by atoms with van der Waals surface area (Å²) in [5.74, 6) is 5.51. The molecule has 0 fully saturated rings. The van der Waals surface area contributed by atoms with Gasteiger partial charge in [0.15, 0.2) is 0 Å². The highest BCUT2D eigenvalue weighted by Gasteiger charge is 2.09. The molecule has 0 saturated heterocycles. The minimum atomic E-state index is -0.224. The number of rotatable bonds is 3. The van der Waals surface area contributed by atoms with Gasteiger partial charge < -0.3 is 10.7 Å². The topological polar surface area (TPSA) is 92.9 Å². The van der Waals surface area contributed by atoms with Crippen molar-refractivity contribution >= 4 is 28.2 Å². The van der Waals surface area contributed by atoms with Crippen LogP contribution in [0.2, 0.25) is 0 Å². The van der Waals surface area contributed by atoms with E-state index in [9.17, 15) is 4.79 Å². The maximum Gasteiger partial charge on any atom is 0.255 e. The molecule has 0 spiro atoms. The number of carbonyl (C=O) groups is 1. The van der Waals surface area contributed by atoms with Gasteiger partial charge in [0, 0.05) is 40.6 Å². The molecule has 0 aliphatic carbocycles. The second kappa shape index (κ2) is 5.56. The average molecular weight is 279 g/mol. The van der Waals surface area contributed by atoms with Crippen LogP contribution >= 0.6 is 0 Å². The molecule has 4 N–H and O–H groups in total. The third kappa shape index (κ3) is 2.65. The number of hydrogen-bond acceptors (Lipinski definition) is 5. The summed E-state index contributed by atoms with van der Waals surface area (Å²) in [6.45, 7) is 0. The normalized spacial score (nSPS) is 10.3. The first kappa shape index (κ1) is 13.0. The molecule has 0 saturated carbocycles. The largest absolute Gasteiger partial charge is 0.321 e. The summed E-state index contributed by atoms with van der Waals surface area (Å²) >= 11 is 0. The molecule has 2 aromatic heterocycles. The number of carbonyl (C=O) groups excluding carboxylic acids is 1. The number of nitrogens with zero attached hydrogens (tertiary/aromatic N) is 2. The average Bonchev–Trinajstić information content (AvgIpc) is 2.55. The molecular formula is C15H13N5O. The van der Waals surface area contributed by atoms with Gasteiger partial charge in [0.2, 0.25) is 0 Å². The molecule has 6 nitrogen and oxygen atoms in total. The fourth-order valence-corrected chi connectivity index (χ4v) is 2.08. The summed E-state index contributed by atoms with van der Waals surface area (Å²) in [5, 5.41) is 4.79. The molecule has 104 valence electrons. The molecule has 0 atom stereocenters. The van der Waals surface area contributed by atoms with E-state index in [1.807, 2.05) is 24.3 Å². The second-order valence-corrected chi connectivity index (χ2v) is 4.43. The van der Waals surface area contributed by atoms with E-state index in [4.69, 9.17) is 5.84 Å². The number of nitrogens with two attached hydrogens (primary N) is 1. The first-order chi connectivity index (χ1) is 10.3. The number of benzene rings is 1. The van der Waals surface area contributed by atoms with Gasteiger partial charge in [-0.05, 0) is 24.3 Å². The number of amides is 1. The number of fused-ring (bicyclic) bond motifs is 1. The van der Waals surface area contributed by atoms with E-state index in [2.05, 4.69) is 20.7 Å². The summed E-state index contributed by atoms with van der Waals surface area (Å²) in [7, 11) is 0. The number of anilines is 2. The van der Waals surface area contributed by atoms with Gasteiger partial charge in [-0.3, -0.25) is 9.78 Å². The van der Waals surface area contributed by atoms with E-state index < -0.39 is 0 Å². The molecule has 0 radical (unpaired) electrons. The van der Waals surface area contributed by atoms with Gasteiger partial charge in [0.05, 0.1) is 0 Å². The van der Waals surface area contributed by atoms with E-state index in [1.165, 1.54) is 6.20 Å². The Morgan fingerprint density at radius 2 is 2.05 bits per heavy atom. The van der Waals surface area contributed by atoms with Crippen molar-refractivity contribution in [3.63, 3.8) is 0 Å². The fourth-order valence-electron chi connectivity index (χ4n) is 2.08. The van der Waals surface area contributed by atoms with Crippen LogP contribution < -0.4 is 16.6 Å². The van der Waals surface area contributed by atoms with Crippen molar-refractivity contribution in [2.24, 2.45) is 5.84 Å². The highest BCUT2D eigenvalue weighted by atomic mass is 16.1. The van der Waals surface area contributed by atoms with Gasteiger partial charge in [-0.2, -0.15) is 0 Å². The molecule has 0 bridgehead atoms. The number of hydrazine groups is 1. The van der Waals surface area contributed by atoms with Crippen LogP contribution in [0.3, 0.4) is 0 Å². The molecule has 1 amide bonds. The SMILES string of the molecule is NNc1cc(C(=O)Nc2cccc3cnccc23)ccn1. The molecule has 2 heterocycles. The highest BCUT2D eigenvalue weighted by molar-refractivity contribution is 6.09. The molecule has 0 aliphatic rings. The van der Waals surface area contributed by atoms with E-state index in [1.54, 1.807) is 24.5 Å². The minimum absolute atomic E-state index is 0.224. The predicted molar refractivity (Wildman–Crippen MR) is 81.7 cm³/mol. The second-order valence-electron chi connectivity index (χ2n) is 4.43. The predicted octanol–water partition coefficient (Wildman–Crippen LogP) is 2.17. The van der Waals surface area contributed by atoms with Crippen LogP contribution in [0.15, 0.2) is 55.0 Å². The molecule has 21 heavy (non-hydrogen) atoms. The lowest BCUT2D eigenvalue weighted by Crippen LogP contribution is -2.14. The zero-order chi connectivity index (χ0) is 14.7. The first-order valence-corrected chi connectivity index (χ1v) is 6.35. The number of aromatic nitrogens is 2. The van der Waals surface area contributed by atoms with Crippen LogP contribution in [0.4, 0.5) is 11.5 Å². The van der Waals surface area contributed by atoms with Crippen molar-refractivity contribution in [2.75, 3.05) is 10.7 Å². The van der Waals surface area contributed by atoms with Crippen LogP contribution in [0, 0.1) is 0 Å². The molecule has 1 aromatic carbocycles. The van der Waals surface area contributed by atoms with Crippen LogP contribution in [0.5, 0.6) is 0 Å². The first-order valence-electron chi connectivity index (χ1n) is 6.35. The summed E-state index contributed by atoms with van der Waals surface area (Å²) in [4.78, 5) is 20.3. The van der Waals surface area contributed by atoms with Gasteiger partial charge in [-0.15, -0.1) is 0 Å². The number of pyridine rings is 2. The molecule has 6 heteroatoms. The van der Waals surface area contributed by atoms with Crippen LogP contribution in [-0.2, 0) is 0 Å². The molecule has 0 aliphatic heterocycles. The van der Waals surface area contributed by atoms with E-state index in [0.29, 0.717) is 11.4 Å². The van der Waals surface area contributed by atoms with Crippen LogP contribution in [0.1, 0.15) is 10.4 Å². The van der Waals surface area contributed by atoms with Crippen LogP contribution in [0.25, 0.3) is 10.8 Å². The lowest BCUT2D eigenvalue weighted by molar-refractivity contribution is 0.102. The highest BCUT2D eigenvalue weighted by Crippen LogP contribution is 2.22. The summed E-state index contributed by atoms with van der Waals surface area (Å²) in [6, 6.07) is 10.7. The van der Waals surface area contributed by atoms with E-state index in [-0.39, 0.29) is 5.91 Å². The minimum Gasteiger partial charge on any atom is -0.321 e. The Bertz CT molecular complexity index is 797. The molecular weight excluding hydrogens is 266 g/mol. The van der Waals surface area contributed by atoms with E-state index in [0.717, 1.165) is 16.5 Å². The zero-order valence-electron chi connectivity index (χ0n) is 11.1. The smallest absolute Gasteiger partial charge is 0.255 e.